The zero-order chi connectivity index (χ0) is 16.2. The fourth-order valence-corrected chi connectivity index (χ4v) is 3.23. The van der Waals surface area contributed by atoms with E-state index in [9.17, 15) is 21.6 Å². The highest BCUT2D eigenvalue weighted by Crippen LogP contribution is 2.37. The Morgan fingerprint density at radius 2 is 1.86 bits per heavy atom. The van der Waals surface area contributed by atoms with Gasteiger partial charge in [0.25, 0.3) is 0 Å². The number of hydrogen-bond acceptors (Lipinski definition) is 3. The van der Waals surface area contributed by atoms with E-state index < -0.39 is 27.5 Å². The maximum atomic E-state index is 12.9. The van der Waals surface area contributed by atoms with Crippen LogP contribution in [0.2, 0.25) is 0 Å². The summed E-state index contributed by atoms with van der Waals surface area (Å²) in [6.45, 7) is 5.22. The van der Waals surface area contributed by atoms with Gasteiger partial charge in [0.1, 0.15) is 0 Å². The van der Waals surface area contributed by atoms with Gasteiger partial charge in [0, 0.05) is 11.1 Å². The largest absolute Gasteiger partial charge is 0.418 e. The summed E-state index contributed by atoms with van der Waals surface area (Å²) in [6.07, 6.45) is -3.74. The first kappa shape index (κ1) is 15.4. The van der Waals surface area contributed by atoms with Crippen molar-refractivity contribution in [2.75, 3.05) is 12.0 Å². The Balaban J connectivity index is 2.98. The van der Waals surface area contributed by atoms with Gasteiger partial charge < -0.3 is 5.73 Å². The lowest BCUT2D eigenvalue weighted by atomic mass is 10.1. The number of nitrogen functional groups attached to an aromatic ring is 1. The van der Waals surface area contributed by atoms with Crippen LogP contribution in [0.3, 0.4) is 0 Å². The maximum absolute atomic E-state index is 12.9. The molecule has 0 spiro atoms. The molecule has 21 heavy (non-hydrogen) atoms. The molecule has 0 saturated carbocycles. The lowest BCUT2D eigenvalue weighted by Gasteiger charge is -2.12. The Bertz CT molecular complexity index is 848. The van der Waals surface area contributed by atoms with Crippen molar-refractivity contribution < 1.29 is 21.6 Å². The number of fused-ring (bicyclic) bond motifs is 1. The minimum atomic E-state index is -4.66. The SMILES string of the molecule is C=C(C)c1cc2cc(N)c(C(F)(F)F)cc2n1S(C)(=O)=O. The van der Waals surface area contributed by atoms with Gasteiger partial charge in [-0.05, 0) is 30.7 Å². The second-order valence-corrected chi connectivity index (χ2v) is 6.66. The predicted molar refractivity (Wildman–Crippen MR) is 76.3 cm³/mol. The van der Waals surface area contributed by atoms with E-state index in [0.29, 0.717) is 11.0 Å². The summed E-state index contributed by atoms with van der Waals surface area (Å²) in [5.41, 5.74) is 4.48. The monoisotopic (exact) mass is 318 g/mol. The van der Waals surface area contributed by atoms with E-state index in [1.165, 1.54) is 6.07 Å². The van der Waals surface area contributed by atoms with Gasteiger partial charge >= 0.3 is 6.18 Å². The van der Waals surface area contributed by atoms with Gasteiger partial charge in [-0.2, -0.15) is 13.2 Å². The fourth-order valence-electron chi connectivity index (χ4n) is 2.15. The van der Waals surface area contributed by atoms with Gasteiger partial charge in [-0.25, -0.2) is 12.4 Å². The van der Waals surface area contributed by atoms with Crippen molar-refractivity contribution in [1.82, 2.24) is 3.97 Å². The molecular formula is C13H13F3N2O2S. The van der Waals surface area contributed by atoms with Gasteiger partial charge in [-0.1, -0.05) is 6.58 Å². The summed E-state index contributed by atoms with van der Waals surface area (Å²) in [4.78, 5) is 0. The van der Waals surface area contributed by atoms with Crippen molar-refractivity contribution in [1.29, 1.82) is 0 Å². The molecule has 4 nitrogen and oxygen atoms in total. The number of hydrogen-bond donors (Lipinski definition) is 1. The standard InChI is InChI=1S/C13H13F3N2O2S/c1-7(2)11-5-8-4-10(17)9(13(14,15)16)6-12(8)18(11)21(3,19)20/h4-6H,1,17H2,2-3H3. The van der Waals surface area contributed by atoms with E-state index in [4.69, 9.17) is 5.73 Å². The molecule has 2 rings (SSSR count). The highest BCUT2D eigenvalue weighted by atomic mass is 32.2. The van der Waals surface area contributed by atoms with E-state index in [1.807, 2.05) is 0 Å². The first-order valence-electron chi connectivity index (χ1n) is 5.81. The first-order chi connectivity index (χ1) is 9.43. The summed E-state index contributed by atoms with van der Waals surface area (Å²) in [5.74, 6) is 0. The molecule has 0 atom stereocenters. The number of halogens is 3. The zero-order valence-corrected chi connectivity index (χ0v) is 12.1. The van der Waals surface area contributed by atoms with E-state index in [1.54, 1.807) is 6.92 Å². The van der Waals surface area contributed by atoms with Crippen LogP contribution in [-0.2, 0) is 16.2 Å². The van der Waals surface area contributed by atoms with Crippen LogP contribution in [0, 0.1) is 0 Å². The number of benzene rings is 1. The third-order valence-corrected chi connectivity index (χ3v) is 4.06. The number of allylic oxidation sites excluding steroid dienone is 1. The van der Waals surface area contributed by atoms with Crippen LogP contribution in [0.4, 0.5) is 18.9 Å². The molecule has 114 valence electrons. The number of rotatable bonds is 2. The molecule has 0 unspecified atom stereocenters. The Morgan fingerprint density at radius 1 is 1.29 bits per heavy atom. The van der Waals surface area contributed by atoms with Crippen molar-refractivity contribution in [2.24, 2.45) is 0 Å². The van der Waals surface area contributed by atoms with Gasteiger partial charge in [-0.15, -0.1) is 0 Å². The zero-order valence-electron chi connectivity index (χ0n) is 11.3. The van der Waals surface area contributed by atoms with Gasteiger partial charge in [0.05, 0.1) is 23.0 Å². The van der Waals surface area contributed by atoms with E-state index in [0.717, 1.165) is 22.4 Å². The lowest BCUT2D eigenvalue weighted by molar-refractivity contribution is -0.136. The van der Waals surface area contributed by atoms with Crippen molar-refractivity contribution in [3.63, 3.8) is 0 Å². The van der Waals surface area contributed by atoms with E-state index in [-0.39, 0.29) is 11.2 Å². The summed E-state index contributed by atoms with van der Waals surface area (Å²) in [5, 5.41) is 0.309. The molecule has 1 aromatic carbocycles. The summed E-state index contributed by atoms with van der Waals surface area (Å²) in [6, 6.07) is 3.32. The summed E-state index contributed by atoms with van der Waals surface area (Å²) < 4.78 is 63.4. The molecule has 8 heteroatoms. The topological polar surface area (TPSA) is 65.1 Å². The molecular weight excluding hydrogens is 305 g/mol. The Hall–Kier alpha value is -1.96. The molecule has 0 aliphatic rings. The van der Waals surface area contributed by atoms with Crippen LogP contribution in [0.15, 0.2) is 24.8 Å². The number of alkyl halides is 3. The quantitative estimate of drug-likeness (QED) is 0.865. The molecule has 0 aliphatic carbocycles. The molecule has 1 heterocycles. The summed E-state index contributed by atoms with van der Waals surface area (Å²) in [7, 11) is -3.79. The van der Waals surface area contributed by atoms with E-state index >= 15 is 0 Å². The minimum Gasteiger partial charge on any atom is -0.398 e. The van der Waals surface area contributed by atoms with Crippen LogP contribution in [-0.4, -0.2) is 18.6 Å². The van der Waals surface area contributed by atoms with Crippen LogP contribution in [0.25, 0.3) is 16.5 Å². The van der Waals surface area contributed by atoms with Crippen LogP contribution < -0.4 is 5.73 Å². The molecule has 0 fully saturated rings. The molecule has 2 N–H and O–H groups in total. The smallest absolute Gasteiger partial charge is 0.398 e. The van der Waals surface area contributed by atoms with Gasteiger partial charge in [-0.3, -0.25) is 0 Å². The first-order valence-corrected chi connectivity index (χ1v) is 7.66. The average molecular weight is 318 g/mol. The van der Waals surface area contributed by atoms with Crippen LogP contribution >= 0.6 is 0 Å². The van der Waals surface area contributed by atoms with Crippen LogP contribution in [0.1, 0.15) is 18.2 Å². The van der Waals surface area contributed by atoms with Crippen molar-refractivity contribution in [2.45, 2.75) is 13.1 Å². The van der Waals surface area contributed by atoms with Crippen molar-refractivity contribution >= 4 is 32.2 Å². The third kappa shape index (κ3) is 2.63. The highest BCUT2D eigenvalue weighted by molar-refractivity contribution is 7.89. The number of nitrogens with zero attached hydrogens (tertiary/aromatic N) is 1. The second kappa shape index (κ2) is 4.52. The molecule has 0 bridgehead atoms. The van der Waals surface area contributed by atoms with Gasteiger partial charge in [0.15, 0.2) is 0 Å². The van der Waals surface area contributed by atoms with E-state index in [2.05, 4.69) is 6.58 Å². The lowest BCUT2D eigenvalue weighted by Crippen LogP contribution is -2.14. The molecule has 0 saturated heterocycles. The van der Waals surface area contributed by atoms with Crippen molar-refractivity contribution in [3.05, 3.63) is 36.0 Å². The highest BCUT2D eigenvalue weighted by Gasteiger charge is 2.34. The summed E-state index contributed by atoms with van der Waals surface area (Å²) >= 11 is 0. The number of aromatic nitrogens is 1. The number of anilines is 1. The second-order valence-electron chi connectivity index (χ2n) is 4.83. The molecule has 2 aromatic rings. The molecule has 0 amide bonds. The predicted octanol–water partition coefficient (Wildman–Crippen LogP) is 3.08. The van der Waals surface area contributed by atoms with Crippen molar-refractivity contribution in [3.8, 4) is 0 Å². The molecule has 0 aliphatic heterocycles. The van der Waals surface area contributed by atoms with Gasteiger partial charge in [0.2, 0.25) is 10.0 Å². The fraction of sp³-hybridized carbons (Fsp3) is 0.231. The normalized spacial score (nSPS) is 12.8. The Kier molecular flexibility index (Phi) is 3.32. The molecule has 0 radical (unpaired) electrons. The molecule has 1 aromatic heterocycles. The third-order valence-electron chi connectivity index (χ3n) is 3.00. The Labute approximate surface area is 119 Å². The Morgan fingerprint density at radius 3 is 2.29 bits per heavy atom. The van der Waals surface area contributed by atoms with Crippen LogP contribution in [0.5, 0.6) is 0 Å². The number of nitrogens with two attached hydrogens (primary N) is 1. The minimum absolute atomic E-state index is 0.0722. The average Bonchev–Trinajstić information content (AvgIpc) is 2.64. The maximum Gasteiger partial charge on any atom is 0.418 e.